The van der Waals surface area contributed by atoms with Crippen molar-refractivity contribution in [1.29, 1.82) is 0 Å². The first-order valence-electron chi connectivity index (χ1n) is 8.78. The molecule has 3 rings (SSSR count). The molecule has 1 aliphatic rings. The van der Waals surface area contributed by atoms with E-state index in [0.29, 0.717) is 17.4 Å². The second-order valence-electron chi connectivity index (χ2n) is 7.18. The monoisotopic (exact) mass is 389 g/mol. The highest BCUT2D eigenvalue weighted by atomic mass is 32.1. The minimum atomic E-state index is -0.487. The molecule has 0 saturated carbocycles. The second kappa shape index (κ2) is 7.22. The van der Waals surface area contributed by atoms with Gasteiger partial charge in [0.25, 0.3) is 0 Å². The van der Waals surface area contributed by atoms with E-state index in [0.717, 1.165) is 30.0 Å². The molecule has 1 aromatic heterocycles. The quantitative estimate of drug-likeness (QED) is 0.377. The van der Waals surface area contributed by atoms with Crippen LogP contribution in [-0.2, 0) is 0 Å². The molecule has 27 heavy (non-hydrogen) atoms. The van der Waals surface area contributed by atoms with Gasteiger partial charge in [-0.15, -0.1) is 10.2 Å². The van der Waals surface area contributed by atoms with E-state index in [-0.39, 0.29) is 15.7 Å². The maximum absolute atomic E-state index is 10.8. The van der Waals surface area contributed by atoms with Crippen LogP contribution < -0.4 is 9.64 Å². The number of hydrogen-bond donors (Lipinski definition) is 0. The number of nitro groups is 1. The van der Waals surface area contributed by atoms with Gasteiger partial charge >= 0.3 is 5.00 Å². The molecule has 0 fully saturated rings. The molecule has 8 nitrogen and oxygen atoms in total. The Balaban J connectivity index is 2.01. The van der Waals surface area contributed by atoms with Crippen LogP contribution in [-0.4, -0.2) is 29.1 Å². The zero-order valence-electron chi connectivity index (χ0n) is 16.1. The van der Waals surface area contributed by atoms with E-state index in [1.165, 1.54) is 11.8 Å². The van der Waals surface area contributed by atoms with Crippen molar-refractivity contribution in [1.82, 2.24) is 4.98 Å². The third-order valence-electron chi connectivity index (χ3n) is 4.91. The smallest absolute Gasteiger partial charge is 0.345 e. The zero-order chi connectivity index (χ0) is 19.8. The Morgan fingerprint density at radius 3 is 2.78 bits per heavy atom. The van der Waals surface area contributed by atoms with Gasteiger partial charge in [0.05, 0.1) is 12.0 Å². The van der Waals surface area contributed by atoms with Crippen LogP contribution in [0.3, 0.4) is 0 Å². The topological polar surface area (TPSA) is 93.2 Å². The number of hydrogen-bond acceptors (Lipinski definition) is 8. The molecule has 0 saturated heterocycles. The number of anilines is 1. The van der Waals surface area contributed by atoms with Crippen molar-refractivity contribution in [2.45, 2.75) is 45.6 Å². The first kappa shape index (κ1) is 19.2. The van der Waals surface area contributed by atoms with E-state index >= 15 is 0 Å². The number of benzene rings is 1. The Morgan fingerprint density at radius 1 is 1.44 bits per heavy atom. The molecule has 0 N–H and O–H groups in total. The van der Waals surface area contributed by atoms with Crippen LogP contribution >= 0.6 is 11.3 Å². The molecule has 1 atom stereocenters. The lowest BCUT2D eigenvalue weighted by molar-refractivity contribution is -0.380. The largest absolute Gasteiger partial charge is 0.494 e. The average molecular weight is 389 g/mol. The molecule has 1 aliphatic heterocycles. The number of aromatic nitrogens is 1. The van der Waals surface area contributed by atoms with Gasteiger partial charge in [-0.2, -0.15) is 0 Å². The van der Waals surface area contributed by atoms with Crippen LogP contribution in [0.5, 0.6) is 5.75 Å². The molecule has 2 aromatic rings. The van der Waals surface area contributed by atoms with Gasteiger partial charge in [-0.05, 0) is 56.1 Å². The van der Waals surface area contributed by atoms with Gasteiger partial charge < -0.3 is 9.64 Å². The molecule has 0 aliphatic carbocycles. The fourth-order valence-corrected chi connectivity index (χ4v) is 4.38. The normalized spacial score (nSPS) is 18.6. The number of thiazole rings is 1. The molecule has 9 heteroatoms. The van der Waals surface area contributed by atoms with Crippen molar-refractivity contribution in [3.8, 4) is 5.75 Å². The van der Waals surface area contributed by atoms with E-state index in [9.17, 15) is 10.1 Å². The van der Waals surface area contributed by atoms with Gasteiger partial charge in [0.2, 0.25) is 5.13 Å². The van der Waals surface area contributed by atoms with E-state index in [2.05, 4.69) is 47.8 Å². The Labute approximate surface area is 162 Å². The summed E-state index contributed by atoms with van der Waals surface area (Å²) in [5.41, 5.74) is 3.02. The summed E-state index contributed by atoms with van der Waals surface area (Å²) in [6.45, 7) is 9.78. The summed E-state index contributed by atoms with van der Waals surface area (Å²) in [4.78, 5) is 16.6. The van der Waals surface area contributed by atoms with Crippen LogP contribution in [0.1, 0.15) is 45.6 Å². The predicted octanol–water partition coefficient (Wildman–Crippen LogP) is 5.59. The fraction of sp³-hybridized carbons (Fsp3) is 0.500. The Kier molecular flexibility index (Phi) is 5.14. The number of ether oxygens (including phenoxy) is 1. The van der Waals surface area contributed by atoms with E-state index < -0.39 is 4.92 Å². The Hall–Kier alpha value is -2.55. The van der Waals surface area contributed by atoms with Crippen LogP contribution in [0.4, 0.5) is 21.5 Å². The minimum absolute atomic E-state index is 0.0594. The molecule has 1 unspecified atom stereocenters. The number of methoxy groups -OCH3 is 1. The highest BCUT2D eigenvalue weighted by molar-refractivity contribution is 7.18. The van der Waals surface area contributed by atoms with Gasteiger partial charge in [0.15, 0.2) is 0 Å². The lowest BCUT2D eigenvalue weighted by Gasteiger charge is -2.47. The van der Waals surface area contributed by atoms with Crippen molar-refractivity contribution in [3.05, 3.63) is 34.0 Å². The van der Waals surface area contributed by atoms with Gasteiger partial charge in [-0.3, -0.25) is 10.1 Å². The highest BCUT2D eigenvalue weighted by Gasteiger charge is 2.36. The van der Waals surface area contributed by atoms with Crippen LogP contribution in [0, 0.1) is 10.1 Å². The van der Waals surface area contributed by atoms with Gasteiger partial charge in [-0.25, -0.2) is 4.98 Å². The molecule has 144 valence electrons. The predicted molar refractivity (Wildman–Crippen MR) is 106 cm³/mol. The van der Waals surface area contributed by atoms with Crippen molar-refractivity contribution in [2.24, 2.45) is 10.2 Å². The molecular weight excluding hydrogens is 366 g/mol. The van der Waals surface area contributed by atoms with Crippen molar-refractivity contribution in [3.63, 3.8) is 0 Å². The summed E-state index contributed by atoms with van der Waals surface area (Å²) in [6, 6.07) is 4.01. The average Bonchev–Trinajstić information content (AvgIpc) is 3.08. The highest BCUT2D eigenvalue weighted by Crippen LogP contribution is 2.47. The molecule has 0 radical (unpaired) electrons. The second-order valence-corrected chi connectivity index (χ2v) is 8.17. The van der Waals surface area contributed by atoms with Gasteiger partial charge in [0, 0.05) is 23.8 Å². The summed E-state index contributed by atoms with van der Waals surface area (Å²) in [5, 5.41) is 19.3. The lowest BCUT2D eigenvalue weighted by Crippen LogP contribution is -2.48. The van der Waals surface area contributed by atoms with E-state index in [1.807, 2.05) is 12.1 Å². The third kappa shape index (κ3) is 3.64. The van der Waals surface area contributed by atoms with Crippen LogP contribution in [0.15, 0.2) is 28.6 Å². The zero-order valence-corrected chi connectivity index (χ0v) is 16.9. The standard InChI is InChI=1S/C18H23N5O3S/c1-6-22-14-8-15(26-5)13(7-12(14)11(2)9-18(22,3)4)20-21-17-19-10-16(27-17)23(24)25/h7-8,10-11H,6,9H2,1-5H3. The molecule has 1 aromatic carbocycles. The van der Waals surface area contributed by atoms with Crippen LogP contribution in [0.25, 0.3) is 0 Å². The number of rotatable bonds is 5. The van der Waals surface area contributed by atoms with E-state index in [4.69, 9.17) is 4.74 Å². The number of nitrogens with zero attached hydrogens (tertiary/aromatic N) is 5. The van der Waals surface area contributed by atoms with Gasteiger partial charge in [-0.1, -0.05) is 6.92 Å². The summed E-state index contributed by atoms with van der Waals surface area (Å²) < 4.78 is 5.53. The third-order valence-corrected chi connectivity index (χ3v) is 5.74. The maximum Gasteiger partial charge on any atom is 0.345 e. The van der Waals surface area contributed by atoms with Crippen molar-refractivity contribution >= 4 is 32.8 Å². The van der Waals surface area contributed by atoms with Crippen LogP contribution in [0.2, 0.25) is 0 Å². The summed E-state index contributed by atoms with van der Waals surface area (Å²) in [6.07, 6.45) is 2.22. The summed E-state index contributed by atoms with van der Waals surface area (Å²) in [7, 11) is 1.60. The Bertz CT molecular complexity index is 893. The van der Waals surface area contributed by atoms with Crippen molar-refractivity contribution in [2.75, 3.05) is 18.6 Å². The number of fused-ring (bicyclic) bond motifs is 1. The summed E-state index contributed by atoms with van der Waals surface area (Å²) >= 11 is 0.887. The Morgan fingerprint density at radius 2 is 2.19 bits per heavy atom. The molecule has 0 bridgehead atoms. The molecule has 0 amide bonds. The first-order chi connectivity index (χ1) is 12.8. The SMILES string of the molecule is CCN1c2cc(OC)c(N=Nc3ncc([N+](=O)[O-])s3)cc2C(C)CC1(C)C. The number of azo groups is 1. The molecule has 0 spiro atoms. The maximum atomic E-state index is 10.8. The van der Waals surface area contributed by atoms with Gasteiger partial charge in [0.1, 0.15) is 17.6 Å². The first-order valence-corrected chi connectivity index (χ1v) is 9.60. The fourth-order valence-electron chi connectivity index (χ4n) is 3.82. The lowest BCUT2D eigenvalue weighted by atomic mass is 9.80. The summed E-state index contributed by atoms with van der Waals surface area (Å²) in [5.74, 6) is 0.991. The van der Waals surface area contributed by atoms with Crippen molar-refractivity contribution < 1.29 is 9.66 Å². The molecule has 2 heterocycles. The minimum Gasteiger partial charge on any atom is -0.494 e. The van der Waals surface area contributed by atoms with E-state index in [1.54, 1.807) is 7.11 Å². The molecular formula is C18H23N5O3S.